The Morgan fingerprint density at radius 2 is 1.75 bits per heavy atom. The molecule has 6 heteroatoms. The van der Waals surface area contributed by atoms with E-state index in [1.165, 1.54) is 6.08 Å². The van der Waals surface area contributed by atoms with Crippen molar-refractivity contribution < 1.29 is 4.74 Å². The molecule has 138 valence electrons. The van der Waals surface area contributed by atoms with Gasteiger partial charge in [-0.3, -0.25) is 4.99 Å². The standard InChI is InChI=1S/C22H15Cl2N3O/c1-3-18(26-2)19-20(23)17(13-25)21(27-22(19)24)14-9-11-16(12-10-14)28-15-7-5-4-6-8-15/h3-12H,1H2,2H3. The van der Waals surface area contributed by atoms with Crippen LogP contribution in [0.3, 0.4) is 0 Å². The van der Waals surface area contributed by atoms with E-state index in [4.69, 9.17) is 27.9 Å². The molecule has 1 aromatic heterocycles. The predicted octanol–water partition coefficient (Wildman–Crippen LogP) is 6.32. The van der Waals surface area contributed by atoms with Gasteiger partial charge >= 0.3 is 0 Å². The molecule has 0 spiro atoms. The molecule has 0 N–H and O–H groups in total. The van der Waals surface area contributed by atoms with Crippen molar-refractivity contribution >= 4 is 28.9 Å². The van der Waals surface area contributed by atoms with Crippen LogP contribution in [0.4, 0.5) is 0 Å². The quantitative estimate of drug-likeness (QED) is 0.366. The Bertz CT molecular complexity index is 1090. The zero-order valence-electron chi connectivity index (χ0n) is 15.0. The first-order chi connectivity index (χ1) is 13.6. The van der Waals surface area contributed by atoms with Gasteiger partial charge in [0.1, 0.15) is 22.7 Å². The SMILES string of the molecule is C=CC(=NC)c1c(Cl)nc(-c2ccc(Oc3ccccc3)cc2)c(C#N)c1Cl. The van der Waals surface area contributed by atoms with Crippen LogP contribution in [0.5, 0.6) is 11.5 Å². The molecule has 0 aliphatic carbocycles. The number of pyridine rings is 1. The summed E-state index contributed by atoms with van der Waals surface area (Å²) < 4.78 is 5.79. The summed E-state index contributed by atoms with van der Waals surface area (Å²) in [6, 6.07) is 18.8. The minimum atomic E-state index is 0.157. The summed E-state index contributed by atoms with van der Waals surface area (Å²) in [5.41, 5.74) is 2.18. The fourth-order valence-electron chi connectivity index (χ4n) is 2.67. The molecule has 3 rings (SSSR count). The lowest BCUT2D eigenvalue weighted by Crippen LogP contribution is -2.04. The Morgan fingerprint density at radius 1 is 1.11 bits per heavy atom. The van der Waals surface area contributed by atoms with Crippen LogP contribution in [0.2, 0.25) is 10.2 Å². The molecule has 0 aliphatic heterocycles. The van der Waals surface area contributed by atoms with Crippen molar-refractivity contribution in [2.24, 2.45) is 4.99 Å². The van der Waals surface area contributed by atoms with E-state index < -0.39 is 0 Å². The molecular formula is C22H15Cl2N3O. The molecule has 0 saturated heterocycles. The number of hydrogen-bond donors (Lipinski definition) is 0. The predicted molar refractivity (Wildman–Crippen MR) is 114 cm³/mol. The maximum absolute atomic E-state index is 9.64. The lowest BCUT2D eigenvalue weighted by molar-refractivity contribution is 0.483. The number of nitriles is 1. The van der Waals surface area contributed by atoms with Gasteiger partial charge < -0.3 is 4.74 Å². The van der Waals surface area contributed by atoms with Crippen molar-refractivity contribution in [2.45, 2.75) is 0 Å². The van der Waals surface area contributed by atoms with E-state index in [-0.39, 0.29) is 15.7 Å². The topological polar surface area (TPSA) is 58.3 Å². The molecule has 0 bridgehead atoms. The van der Waals surface area contributed by atoms with E-state index in [2.05, 4.69) is 22.6 Å². The zero-order chi connectivity index (χ0) is 20.1. The monoisotopic (exact) mass is 407 g/mol. The average Bonchev–Trinajstić information content (AvgIpc) is 2.72. The Hall–Kier alpha value is -3.13. The summed E-state index contributed by atoms with van der Waals surface area (Å²) in [6.07, 6.45) is 1.52. The highest BCUT2D eigenvalue weighted by atomic mass is 35.5. The largest absolute Gasteiger partial charge is 0.457 e. The van der Waals surface area contributed by atoms with Gasteiger partial charge in [-0.05, 0) is 42.5 Å². The van der Waals surface area contributed by atoms with Gasteiger partial charge in [-0.2, -0.15) is 5.26 Å². The molecule has 0 unspecified atom stereocenters. The van der Waals surface area contributed by atoms with Crippen LogP contribution in [-0.2, 0) is 0 Å². The first-order valence-corrected chi connectivity index (χ1v) is 9.06. The average molecular weight is 408 g/mol. The van der Waals surface area contributed by atoms with E-state index >= 15 is 0 Å². The fourth-order valence-corrected chi connectivity index (χ4v) is 3.31. The number of hydrogen-bond acceptors (Lipinski definition) is 4. The van der Waals surface area contributed by atoms with Gasteiger partial charge in [-0.1, -0.05) is 48.0 Å². The van der Waals surface area contributed by atoms with E-state index in [0.717, 1.165) is 5.75 Å². The lowest BCUT2D eigenvalue weighted by Gasteiger charge is -2.12. The van der Waals surface area contributed by atoms with Gasteiger partial charge in [0, 0.05) is 12.6 Å². The number of nitrogens with zero attached hydrogens (tertiary/aromatic N) is 3. The number of rotatable bonds is 5. The Balaban J connectivity index is 2.02. The summed E-state index contributed by atoms with van der Waals surface area (Å²) in [5.74, 6) is 1.40. The Kier molecular flexibility index (Phi) is 6.10. The number of aromatic nitrogens is 1. The fraction of sp³-hybridized carbons (Fsp3) is 0.0455. The smallest absolute Gasteiger partial charge is 0.140 e. The van der Waals surface area contributed by atoms with Crippen LogP contribution in [0.25, 0.3) is 11.3 Å². The molecule has 0 atom stereocenters. The second kappa shape index (κ2) is 8.71. The van der Waals surface area contributed by atoms with Crippen molar-refractivity contribution in [2.75, 3.05) is 7.05 Å². The molecule has 4 nitrogen and oxygen atoms in total. The van der Waals surface area contributed by atoms with E-state index in [9.17, 15) is 5.26 Å². The van der Waals surface area contributed by atoms with Crippen LogP contribution >= 0.6 is 23.2 Å². The highest BCUT2D eigenvalue weighted by Crippen LogP contribution is 2.35. The zero-order valence-corrected chi connectivity index (χ0v) is 16.5. The highest BCUT2D eigenvalue weighted by Gasteiger charge is 2.21. The highest BCUT2D eigenvalue weighted by molar-refractivity contribution is 6.41. The second-order valence-corrected chi connectivity index (χ2v) is 6.42. The number of aliphatic imine (C=N–C) groups is 1. The molecule has 0 saturated carbocycles. The number of halogens is 2. The third-order valence-electron chi connectivity index (χ3n) is 4.00. The summed E-state index contributed by atoms with van der Waals surface area (Å²) in [4.78, 5) is 8.49. The number of ether oxygens (including phenoxy) is 1. The number of para-hydroxylation sites is 1. The summed E-state index contributed by atoms with van der Waals surface area (Å²) in [5, 5.41) is 10.00. The maximum Gasteiger partial charge on any atom is 0.140 e. The van der Waals surface area contributed by atoms with E-state index in [0.29, 0.717) is 28.3 Å². The maximum atomic E-state index is 9.64. The van der Waals surface area contributed by atoms with Gasteiger partial charge in [0.2, 0.25) is 0 Å². The summed E-state index contributed by atoms with van der Waals surface area (Å²) in [7, 11) is 1.59. The number of allylic oxidation sites excluding steroid dienone is 1. The number of benzene rings is 2. The van der Waals surface area contributed by atoms with Gasteiger partial charge in [0.15, 0.2) is 0 Å². The van der Waals surface area contributed by atoms with E-state index in [1.807, 2.05) is 30.3 Å². The molecule has 0 amide bonds. The van der Waals surface area contributed by atoms with Crippen LogP contribution < -0.4 is 4.74 Å². The van der Waals surface area contributed by atoms with Crippen molar-refractivity contribution in [3.05, 3.63) is 88.6 Å². The minimum absolute atomic E-state index is 0.157. The van der Waals surface area contributed by atoms with Crippen LogP contribution in [0.1, 0.15) is 11.1 Å². The molecule has 0 fully saturated rings. The molecule has 1 heterocycles. The summed E-state index contributed by atoms with van der Waals surface area (Å²) >= 11 is 12.8. The first-order valence-electron chi connectivity index (χ1n) is 8.31. The third kappa shape index (κ3) is 3.91. The molecule has 28 heavy (non-hydrogen) atoms. The lowest BCUT2D eigenvalue weighted by atomic mass is 10.0. The van der Waals surface area contributed by atoms with Crippen molar-refractivity contribution in [3.8, 4) is 28.8 Å². The van der Waals surface area contributed by atoms with Gasteiger partial charge in [-0.25, -0.2) is 4.98 Å². The van der Waals surface area contributed by atoms with Gasteiger partial charge in [-0.15, -0.1) is 0 Å². The Labute approximate surface area is 173 Å². The molecule has 2 aromatic carbocycles. The molecule has 0 radical (unpaired) electrons. The van der Waals surface area contributed by atoms with Crippen molar-refractivity contribution in [3.63, 3.8) is 0 Å². The van der Waals surface area contributed by atoms with Crippen LogP contribution in [0, 0.1) is 11.3 Å². The van der Waals surface area contributed by atoms with E-state index in [1.54, 1.807) is 31.3 Å². The third-order valence-corrected chi connectivity index (χ3v) is 4.65. The van der Waals surface area contributed by atoms with Gasteiger partial charge in [0.25, 0.3) is 0 Å². The van der Waals surface area contributed by atoms with Crippen LogP contribution in [-0.4, -0.2) is 17.7 Å². The molecular weight excluding hydrogens is 393 g/mol. The molecule has 0 aliphatic rings. The normalized spacial score (nSPS) is 11.0. The van der Waals surface area contributed by atoms with Gasteiger partial charge in [0.05, 0.1) is 27.6 Å². The van der Waals surface area contributed by atoms with Crippen molar-refractivity contribution in [1.29, 1.82) is 5.26 Å². The molecule has 3 aromatic rings. The Morgan fingerprint density at radius 3 is 2.32 bits per heavy atom. The van der Waals surface area contributed by atoms with Crippen LogP contribution in [0.15, 0.2) is 72.2 Å². The second-order valence-electron chi connectivity index (χ2n) is 5.68. The minimum Gasteiger partial charge on any atom is -0.457 e. The first kappa shape index (κ1) is 19.6. The van der Waals surface area contributed by atoms with Crippen molar-refractivity contribution in [1.82, 2.24) is 4.98 Å². The summed E-state index contributed by atoms with van der Waals surface area (Å²) in [6.45, 7) is 3.70.